The monoisotopic (exact) mass is 440 g/mol. The number of halogens is 1. The van der Waals surface area contributed by atoms with Gasteiger partial charge in [-0.3, -0.25) is 9.59 Å². The molecule has 0 saturated carbocycles. The number of aliphatic hydroxyl groups excluding tert-OH is 1. The van der Waals surface area contributed by atoms with E-state index in [0.717, 1.165) is 5.69 Å². The van der Waals surface area contributed by atoms with Gasteiger partial charge in [-0.05, 0) is 30.7 Å². The molecule has 2 aromatic rings. The van der Waals surface area contributed by atoms with Gasteiger partial charge in [0.1, 0.15) is 23.9 Å². The summed E-state index contributed by atoms with van der Waals surface area (Å²) >= 11 is 0. The molecule has 1 saturated heterocycles. The minimum absolute atomic E-state index is 0.128. The van der Waals surface area contributed by atoms with Gasteiger partial charge in [0.2, 0.25) is 0 Å². The molecule has 168 valence electrons. The maximum absolute atomic E-state index is 14.8. The third-order valence-corrected chi connectivity index (χ3v) is 5.82. The fraction of sp³-hybridized carbons (Fsp3) is 0.333. The van der Waals surface area contributed by atoms with Crippen LogP contribution >= 0.6 is 0 Å². The minimum Gasteiger partial charge on any atom is -0.507 e. The molecule has 4 rings (SSSR count). The molecule has 2 heterocycles. The first-order valence-electron chi connectivity index (χ1n) is 10.4. The van der Waals surface area contributed by atoms with Crippen molar-refractivity contribution in [2.24, 2.45) is 0 Å². The van der Waals surface area contributed by atoms with Crippen LogP contribution in [0, 0.1) is 5.82 Å². The SMILES string of the molecule is COCCCN1C(=O)C(=O)/C(=C(/O)c2ccc3c(c2)N(C)CCO3)C1c1ccccc1F. The summed E-state index contributed by atoms with van der Waals surface area (Å²) in [5.74, 6) is -1.83. The average Bonchev–Trinajstić information content (AvgIpc) is 3.04. The van der Waals surface area contributed by atoms with Gasteiger partial charge in [0.05, 0.1) is 23.8 Å². The van der Waals surface area contributed by atoms with E-state index in [1.54, 1.807) is 31.4 Å². The zero-order valence-corrected chi connectivity index (χ0v) is 18.0. The van der Waals surface area contributed by atoms with Crippen LogP contribution in [0.5, 0.6) is 5.75 Å². The number of benzene rings is 2. The Morgan fingerprint density at radius 2 is 2.03 bits per heavy atom. The van der Waals surface area contributed by atoms with E-state index < -0.39 is 23.5 Å². The Bertz CT molecular complexity index is 1080. The molecule has 1 unspecified atom stereocenters. The normalized spacial score (nSPS) is 19.8. The van der Waals surface area contributed by atoms with Crippen LogP contribution in [0.1, 0.15) is 23.6 Å². The summed E-state index contributed by atoms with van der Waals surface area (Å²) < 4.78 is 25.5. The molecule has 0 bridgehead atoms. The lowest BCUT2D eigenvalue weighted by Crippen LogP contribution is -2.31. The lowest BCUT2D eigenvalue weighted by atomic mass is 9.94. The molecular weight excluding hydrogens is 415 g/mol. The molecule has 1 N–H and O–H groups in total. The second kappa shape index (κ2) is 9.00. The lowest BCUT2D eigenvalue weighted by molar-refractivity contribution is -0.140. The summed E-state index contributed by atoms with van der Waals surface area (Å²) in [4.78, 5) is 29.2. The van der Waals surface area contributed by atoms with E-state index in [1.165, 1.54) is 23.1 Å². The number of hydrogen-bond acceptors (Lipinski definition) is 6. The van der Waals surface area contributed by atoms with Crippen molar-refractivity contribution in [2.75, 3.05) is 45.4 Å². The van der Waals surface area contributed by atoms with Gasteiger partial charge in [-0.2, -0.15) is 0 Å². The zero-order chi connectivity index (χ0) is 22.8. The van der Waals surface area contributed by atoms with E-state index in [4.69, 9.17) is 9.47 Å². The fourth-order valence-corrected chi connectivity index (χ4v) is 4.16. The number of carbonyl (C=O) groups is 2. The smallest absolute Gasteiger partial charge is 0.295 e. The number of hydrogen-bond donors (Lipinski definition) is 1. The Labute approximate surface area is 185 Å². The molecule has 1 atom stereocenters. The van der Waals surface area contributed by atoms with Crippen molar-refractivity contribution in [2.45, 2.75) is 12.5 Å². The Hall–Kier alpha value is -3.39. The van der Waals surface area contributed by atoms with Crippen LogP contribution in [-0.2, 0) is 14.3 Å². The first kappa shape index (κ1) is 21.8. The zero-order valence-electron chi connectivity index (χ0n) is 18.0. The first-order chi connectivity index (χ1) is 15.4. The van der Waals surface area contributed by atoms with Gasteiger partial charge in [0.15, 0.2) is 0 Å². The van der Waals surface area contributed by atoms with Crippen LogP contribution in [0.15, 0.2) is 48.0 Å². The molecule has 7 nitrogen and oxygen atoms in total. The molecule has 2 aromatic carbocycles. The number of carbonyl (C=O) groups excluding carboxylic acids is 2. The molecule has 2 aliphatic heterocycles. The van der Waals surface area contributed by atoms with E-state index in [1.807, 2.05) is 11.9 Å². The second-order valence-electron chi connectivity index (χ2n) is 7.81. The average molecular weight is 440 g/mol. The molecule has 2 aliphatic rings. The molecule has 0 aromatic heterocycles. The minimum atomic E-state index is -1.03. The van der Waals surface area contributed by atoms with Crippen LogP contribution in [0.4, 0.5) is 10.1 Å². The molecule has 8 heteroatoms. The lowest BCUT2D eigenvalue weighted by Gasteiger charge is -2.28. The standard InChI is InChI=1S/C24H25FN2O5/c1-26-11-13-32-19-9-8-15(14-18(19)26)22(28)20-21(16-6-3-4-7-17(16)25)27(10-5-12-31-2)24(30)23(20)29/h3-4,6-9,14,21,28H,5,10-13H2,1-2H3/b22-20+. The number of Topliss-reactive ketones (excluding diaryl/α,β-unsaturated/α-hetero) is 1. The molecule has 0 aliphatic carbocycles. The summed E-state index contributed by atoms with van der Waals surface area (Å²) in [6.07, 6.45) is 0.468. The Morgan fingerprint density at radius 3 is 2.78 bits per heavy atom. The van der Waals surface area contributed by atoms with E-state index in [2.05, 4.69) is 0 Å². The number of likely N-dealkylation sites (N-methyl/N-ethyl adjacent to an activating group) is 1. The number of amides is 1. The predicted octanol–water partition coefficient (Wildman–Crippen LogP) is 3.11. The van der Waals surface area contributed by atoms with Crippen molar-refractivity contribution in [1.29, 1.82) is 0 Å². The van der Waals surface area contributed by atoms with Gasteiger partial charge in [-0.15, -0.1) is 0 Å². The van der Waals surface area contributed by atoms with Crippen LogP contribution in [-0.4, -0.2) is 62.2 Å². The number of ether oxygens (including phenoxy) is 2. The maximum Gasteiger partial charge on any atom is 0.295 e. The van der Waals surface area contributed by atoms with Gasteiger partial charge in [0.25, 0.3) is 11.7 Å². The van der Waals surface area contributed by atoms with E-state index in [-0.39, 0.29) is 23.4 Å². The van der Waals surface area contributed by atoms with Gasteiger partial charge < -0.3 is 24.4 Å². The molecule has 32 heavy (non-hydrogen) atoms. The van der Waals surface area contributed by atoms with Crippen molar-refractivity contribution in [1.82, 2.24) is 4.90 Å². The molecule has 1 fully saturated rings. The number of nitrogens with zero attached hydrogens (tertiary/aromatic N) is 2. The Balaban J connectivity index is 1.83. The van der Waals surface area contributed by atoms with Crippen molar-refractivity contribution in [3.63, 3.8) is 0 Å². The molecular formula is C24H25FN2O5. The number of likely N-dealkylation sites (tertiary alicyclic amines) is 1. The van der Waals surface area contributed by atoms with E-state index in [0.29, 0.717) is 37.5 Å². The molecule has 0 radical (unpaired) electrons. The molecule has 0 spiro atoms. The highest BCUT2D eigenvalue weighted by Gasteiger charge is 2.46. The Kier molecular flexibility index (Phi) is 6.14. The van der Waals surface area contributed by atoms with Crippen molar-refractivity contribution < 1.29 is 28.6 Å². The largest absolute Gasteiger partial charge is 0.507 e. The summed E-state index contributed by atoms with van der Waals surface area (Å²) in [5, 5.41) is 11.2. The van der Waals surface area contributed by atoms with Crippen molar-refractivity contribution in [3.8, 4) is 5.75 Å². The highest BCUT2D eigenvalue weighted by atomic mass is 19.1. The van der Waals surface area contributed by atoms with Gasteiger partial charge in [-0.25, -0.2) is 4.39 Å². The van der Waals surface area contributed by atoms with Crippen LogP contribution in [0.3, 0.4) is 0 Å². The van der Waals surface area contributed by atoms with Crippen molar-refractivity contribution >= 4 is 23.1 Å². The number of methoxy groups -OCH3 is 1. The number of ketones is 1. The van der Waals surface area contributed by atoms with Gasteiger partial charge in [0, 0.05) is 38.4 Å². The predicted molar refractivity (Wildman–Crippen MR) is 117 cm³/mol. The highest BCUT2D eigenvalue weighted by molar-refractivity contribution is 6.46. The quantitative estimate of drug-likeness (QED) is 0.322. The van der Waals surface area contributed by atoms with E-state index >= 15 is 0 Å². The van der Waals surface area contributed by atoms with Gasteiger partial charge in [-0.1, -0.05) is 18.2 Å². The summed E-state index contributed by atoms with van der Waals surface area (Å²) in [5.41, 5.74) is 1.15. The van der Waals surface area contributed by atoms with Gasteiger partial charge >= 0.3 is 0 Å². The topological polar surface area (TPSA) is 79.3 Å². The van der Waals surface area contributed by atoms with Crippen LogP contribution < -0.4 is 9.64 Å². The summed E-state index contributed by atoms with van der Waals surface area (Å²) in [7, 11) is 3.44. The first-order valence-corrected chi connectivity index (χ1v) is 10.4. The highest BCUT2D eigenvalue weighted by Crippen LogP contribution is 2.41. The molecule has 1 amide bonds. The maximum atomic E-state index is 14.8. The second-order valence-corrected chi connectivity index (χ2v) is 7.81. The number of fused-ring (bicyclic) bond motifs is 1. The number of anilines is 1. The van der Waals surface area contributed by atoms with E-state index in [9.17, 15) is 19.1 Å². The van der Waals surface area contributed by atoms with Crippen LogP contribution in [0.25, 0.3) is 5.76 Å². The number of rotatable bonds is 6. The third kappa shape index (κ3) is 3.82. The summed E-state index contributed by atoms with van der Waals surface area (Å²) in [6, 6.07) is 10.00. The number of aliphatic hydroxyl groups is 1. The fourth-order valence-electron chi connectivity index (χ4n) is 4.16. The summed E-state index contributed by atoms with van der Waals surface area (Å²) in [6.45, 7) is 1.80. The van der Waals surface area contributed by atoms with Crippen LogP contribution in [0.2, 0.25) is 0 Å². The third-order valence-electron chi connectivity index (χ3n) is 5.82. The Morgan fingerprint density at radius 1 is 1.25 bits per heavy atom. The van der Waals surface area contributed by atoms with Crippen molar-refractivity contribution in [3.05, 3.63) is 65.0 Å².